The van der Waals surface area contributed by atoms with Crippen molar-refractivity contribution in [3.05, 3.63) is 17.8 Å². The molecule has 0 unspecified atom stereocenters. The van der Waals surface area contributed by atoms with E-state index >= 15 is 0 Å². The van der Waals surface area contributed by atoms with Crippen LogP contribution in [0.3, 0.4) is 0 Å². The molecule has 0 aliphatic carbocycles. The molecule has 6 nitrogen and oxygen atoms in total. The Morgan fingerprint density at radius 3 is 2.75 bits per heavy atom. The van der Waals surface area contributed by atoms with Gasteiger partial charge in [0.1, 0.15) is 5.69 Å². The van der Waals surface area contributed by atoms with E-state index in [1.807, 2.05) is 13.8 Å². The first-order valence-corrected chi connectivity index (χ1v) is 6.51. The number of nitrogens with zero attached hydrogens (tertiary/aromatic N) is 1. The monoisotopic (exact) mass is 282 g/mol. The fourth-order valence-corrected chi connectivity index (χ4v) is 1.45. The predicted octanol–water partition coefficient (Wildman–Crippen LogP) is 2.03. The average Bonchev–Trinajstić information content (AvgIpc) is 2.41. The molecule has 0 aliphatic heterocycles. The molecule has 112 valence electrons. The Labute approximate surface area is 119 Å². The largest absolute Gasteiger partial charge is 0.476 e. The second kappa shape index (κ2) is 7.09. The Hall–Kier alpha value is -1.82. The number of pyridine rings is 1. The third-order valence-electron chi connectivity index (χ3n) is 2.94. The van der Waals surface area contributed by atoms with Gasteiger partial charge in [0, 0.05) is 19.7 Å². The minimum Gasteiger partial charge on any atom is -0.476 e. The van der Waals surface area contributed by atoms with Crippen molar-refractivity contribution in [3.63, 3.8) is 0 Å². The van der Waals surface area contributed by atoms with Gasteiger partial charge in [0.25, 0.3) is 0 Å². The lowest BCUT2D eigenvalue weighted by atomic mass is 10.1. The highest BCUT2D eigenvalue weighted by Crippen LogP contribution is 2.24. The van der Waals surface area contributed by atoms with E-state index < -0.39 is 5.97 Å². The molecule has 0 saturated carbocycles. The van der Waals surface area contributed by atoms with Crippen molar-refractivity contribution >= 4 is 11.7 Å². The molecule has 20 heavy (non-hydrogen) atoms. The maximum Gasteiger partial charge on any atom is 0.340 e. The Bertz CT molecular complexity index is 460. The lowest BCUT2D eigenvalue weighted by Gasteiger charge is -2.22. The van der Waals surface area contributed by atoms with E-state index in [2.05, 4.69) is 4.98 Å². The van der Waals surface area contributed by atoms with Crippen LogP contribution in [-0.2, 0) is 9.47 Å². The van der Waals surface area contributed by atoms with Crippen molar-refractivity contribution in [2.45, 2.75) is 32.8 Å². The summed E-state index contributed by atoms with van der Waals surface area (Å²) in [6, 6.07) is 1.51. The Morgan fingerprint density at radius 2 is 2.15 bits per heavy atom. The summed E-state index contributed by atoms with van der Waals surface area (Å²) in [4.78, 5) is 15.7. The number of carbonyl (C=O) groups excluding carboxylic acids is 1. The third kappa shape index (κ3) is 4.38. The lowest BCUT2D eigenvalue weighted by Crippen LogP contribution is -2.25. The second-order valence-corrected chi connectivity index (χ2v) is 4.86. The summed E-state index contributed by atoms with van der Waals surface area (Å²) in [7, 11) is 1.65. The fraction of sp³-hybridized carbons (Fsp3) is 0.571. The molecule has 0 aromatic carbocycles. The summed E-state index contributed by atoms with van der Waals surface area (Å²) >= 11 is 0. The van der Waals surface area contributed by atoms with Crippen LogP contribution in [0.5, 0.6) is 5.88 Å². The Balaban J connectivity index is 2.72. The van der Waals surface area contributed by atoms with E-state index in [-0.39, 0.29) is 22.7 Å². The van der Waals surface area contributed by atoms with Crippen molar-refractivity contribution < 1.29 is 19.0 Å². The zero-order chi connectivity index (χ0) is 15.2. The normalized spacial score (nSPS) is 11.2. The lowest BCUT2D eigenvalue weighted by molar-refractivity contribution is 0.00511. The topological polar surface area (TPSA) is 83.7 Å². The van der Waals surface area contributed by atoms with Crippen LogP contribution in [-0.4, -0.2) is 36.9 Å². The van der Waals surface area contributed by atoms with Crippen LogP contribution in [0.1, 0.15) is 37.6 Å². The summed E-state index contributed by atoms with van der Waals surface area (Å²) in [5, 5.41) is 0. The maximum absolute atomic E-state index is 11.7. The molecule has 0 atom stereocenters. The number of anilines is 1. The second-order valence-electron chi connectivity index (χ2n) is 4.86. The summed E-state index contributed by atoms with van der Waals surface area (Å²) < 4.78 is 15.7. The molecule has 0 amide bonds. The van der Waals surface area contributed by atoms with E-state index in [0.717, 1.165) is 0 Å². The molecule has 6 heteroatoms. The van der Waals surface area contributed by atoms with Gasteiger partial charge >= 0.3 is 5.97 Å². The van der Waals surface area contributed by atoms with Gasteiger partial charge in [-0.25, -0.2) is 9.78 Å². The van der Waals surface area contributed by atoms with Gasteiger partial charge in [-0.3, -0.25) is 0 Å². The smallest absolute Gasteiger partial charge is 0.340 e. The standard InChI is InChI=1S/C14H22N2O4/c1-5-19-13(17)10-6-8-16-12(11(10)15)20-9-7-14(2,3)18-4/h6,8H,5,7,9,15H2,1-4H3. The van der Waals surface area contributed by atoms with E-state index in [4.69, 9.17) is 19.9 Å². The minimum absolute atomic E-state index is 0.196. The van der Waals surface area contributed by atoms with Crippen molar-refractivity contribution in [2.24, 2.45) is 0 Å². The van der Waals surface area contributed by atoms with Crippen LogP contribution in [0.2, 0.25) is 0 Å². The van der Waals surface area contributed by atoms with Crippen molar-refractivity contribution in [1.29, 1.82) is 0 Å². The van der Waals surface area contributed by atoms with E-state index in [9.17, 15) is 4.79 Å². The number of hydrogen-bond acceptors (Lipinski definition) is 6. The molecule has 0 aliphatic rings. The summed E-state index contributed by atoms with van der Waals surface area (Å²) in [5.74, 6) is -0.239. The Kier molecular flexibility index (Phi) is 5.76. The predicted molar refractivity (Wildman–Crippen MR) is 75.8 cm³/mol. The summed E-state index contributed by atoms with van der Waals surface area (Å²) in [6.07, 6.45) is 2.15. The highest BCUT2D eigenvalue weighted by molar-refractivity contribution is 5.96. The van der Waals surface area contributed by atoms with Crippen LogP contribution in [0.4, 0.5) is 5.69 Å². The number of nitrogen functional groups attached to an aromatic ring is 1. The minimum atomic E-state index is -0.477. The highest BCUT2D eigenvalue weighted by atomic mass is 16.5. The summed E-state index contributed by atoms with van der Waals surface area (Å²) in [6.45, 7) is 6.34. The molecular weight excluding hydrogens is 260 g/mol. The van der Waals surface area contributed by atoms with Gasteiger partial charge in [-0.15, -0.1) is 0 Å². The molecule has 1 aromatic rings. The van der Waals surface area contributed by atoms with E-state index in [1.54, 1.807) is 14.0 Å². The number of aromatic nitrogens is 1. The van der Waals surface area contributed by atoms with Crippen molar-refractivity contribution in [3.8, 4) is 5.88 Å². The van der Waals surface area contributed by atoms with Crippen LogP contribution in [0.15, 0.2) is 12.3 Å². The Morgan fingerprint density at radius 1 is 1.45 bits per heavy atom. The van der Waals surface area contributed by atoms with Crippen LogP contribution in [0.25, 0.3) is 0 Å². The molecule has 0 bridgehead atoms. The molecule has 1 heterocycles. The van der Waals surface area contributed by atoms with Gasteiger partial charge < -0.3 is 19.9 Å². The first-order valence-electron chi connectivity index (χ1n) is 6.51. The summed E-state index contributed by atoms with van der Waals surface area (Å²) in [5.41, 5.74) is 6.06. The SMILES string of the molecule is CCOC(=O)c1ccnc(OCCC(C)(C)OC)c1N. The molecule has 0 saturated heterocycles. The first kappa shape index (κ1) is 16.2. The number of ether oxygens (including phenoxy) is 3. The quantitative estimate of drug-likeness (QED) is 0.770. The fourth-order valence-electron chi connectivity index (χ4n) is 1.45. The number of carbonyl (C=O) groups is 1. The molecular formula is C14H22N2O4. The van der Waals surface area contributed by atoms with E-state index in [0.29, 0.717) is 19.6 Å². The molecule has 1 rings (SSSR count). The molecule has 1 aromatic heterocycles. The van der Waals surface area contributed by atoms with Crippen molar-refractivity contribution in [1.82, 2.24) is 4.98 Å². The number of methoxy groups -OCH3 is 1. The van der Waals surface area contributed by atoms with Gasteiger partial charge in [0.05, 0.1) is 24.4 Å². The van der Waals surface area contributed by atoms with E-state index in [1.165, 1.54) is 12.3 Å². The zero-order valence-corrected chi connectivity index (χ0v) is 12.4. The molecule has 0 spiro atoms. The van der Waals surface area contributed by atoms with Crippen LogP contribution >= 0.6 is 0 Å². The van der Waals surface area contributed by atoms with Crippen LogP contribution in [0, 0.1) is 0 Å². The molecule has 2 N–H and O–H groups in total. The third-order valence-corrected chi connectivity index (χ3v) is 2.94. The van der Waals surface area contributed by atoms with Gasteiger partial charge in [-0.1, -0.05) is 0 Å². The maximum atomic E-state index is 11.7. The number of rotatable bonds is 7. The zero-order valence-electron chi connectivity index (χ0n) is 12.4. The molecule has 0 fully saturated rings. The van der Waals surface area contributed by atoms with Gasteiger partial charge in [0.15, 0.2) is 0 Å². The van der Waals surface area contributed by atoms with Crippen LogP contribution < -0.4 is 10.5 Å². The molecule has 0 radical (unpaired) electrons. The van der Waals surface area contributed by atoms with Gasteiger partial charge in [-0.05, 0) is 26.8 Å². The number of esters is 1. The van der Waals surface area contributed by atoms with Gasteiger partial charge in [0.2, 0.25) is 5.88 Å². The average molecular weight is 282 g/mol. The highest BCUT2D eigenvalue weighted by Gasteiger charge is 2.18. The number of hydrogen-bond donors (Lipinski definition) is 1. The van der Waals surface area contributed by atoms with Gasteiger partial charge in [-0.2, -0.15) is 0 Å². The van der Waals surface area contributed by atoms with Crippen molar-refractivity contribution in [2.75, 3.05) is 26.1 Å². The number of nitrogens with two attached hydrogens (primary N) is 1. The first-order chi connectivity index (χ1) is 9.41.